The Labute approximate surface area is 196 Å². The number of hydrogen-bond donors (Lipinski definition) is 3. The van der Waals surface area contributed by atoms with Crippen molar-refractivity contribution < 1.29 is 19.1 Å². The van der Waals surface area contributed by atoms with E-state index in [4.69, 9.17) is 4.74 Å². The van der Waals surface area contributed by atoms with Crippen LogP contribution in [-0.2, 0) is 9.59 Å². The molecule has 0 saturated heterocycles. The Hall–Kier alpha value is -2.87. The van der Waals surface area contributed by atoms with E-state index in [9.17, 15) is 14.4 Å². The first kappa shape index (κ1) is 23.8. The van der Waals surface area contributed by atoms with Gasteiger partial charge in [0.1, 0.15) is 5.75 Å². The maximum atomic E-state index is 12.3. The first-order chi connectivity index (χ1) is 15.3. The molecule has 2 aromatic carbocycles. The summed E-state index contributed by atoms with van der Waals surface area (Å²) in [7, 11) is 0. The van der Waals surface area contributed by atoms with Crippen molar-refractivity contribution in [2.24, 2.45) is 5.92 Å². The molecule has 1 aliphatic carbocycles. The van der Waals surface area contributed by atoms with Crippen LogP contribution in [0.15, 0.2) is 40.9 Å². The molecule has 3 rings (SSSR count). The first-order valence-corrected chi connectivity index (χ1v) is 11.5. The molecule has 0 radical (unpaired) electrons. The van der Waals surface area contributed by atoms with Gasteiger partial charge in [0.2, 0.25) is 5.91 Å². The van der Waals surface area contributed by atoms with Crippen LogP contribution in [0.4, 0.5) is 5.69 Å². The molecular formula is C24H28BrN3O4. The minimum atomic E-state index is -0.476. The average Bonchev–Trinajstić information content (AvgIpc) is 2.77. The van der Waals surface area contributed by atoms with Crippen molar-refractivity contribution in [2.75, 3.05) is 11.9 Å². The number of ether oxygens (including phenoxy) is 1. The van der Waals surface area contributed by atoms with Crippen LogP contribution in [0.1, 0.15) is 53.6 Å². The molecule has 1 aliphatic rings. The van der Waals surface area contributed by atoms with Crippen LogP contribution in [0.3, 0.4) is 0 Å². The molecule has 0 aromatic heterocycles. The van der Waals surface area contributed by atoms with Crippen LogP contribution in [-0.4, -0.2) is 24.3 Å². The average molecular weight is 502 g/mol. The summed E-state index contributed by atoms with van der Waals surface area (Å²) in [6, 6.07) is 10.4. The molecule has 0 aliphatic heterocycles. The largest absolute Gasteiger partial charge is 0.483 e. The molecule has 0 heterocycles. The number of carbonyl (C=O) groups excluding carboxylic acids is 3. The van der Waals surface area contributed by atoms with Gasteiger partial charge in [0.25, 0.3) is 11.8 Å². The SMILES string of the molecule is Cc1cc(Br)cc(C)c1OCC(=O)NNC(=O)c1ccc(NC(=O)C2CCCCC2)cc1. The Balaban J connectivity index is 1.45. The van der Waals surface area contributed by atoms with Gasteiger partial charge in [-0.1, -0.05) is 35.2 Å². The Morgan fingerprint density at radius 3 is 2.22 bits per heavy atom. The van der Waals surface area contributed by atoms with E-state index in [0.29, 0.717) is 17.0 Å². The van der Waals surface area contributed by atoms with E-state index >= 15 is 0 Å². The minimum Gasteiger partial charge on any atom is -0.483 e. The molecule has 2 aromatic rings. The lowest BCUT2D eigenvalue weighted by molar-refractivity contribution is -0.124. The normalized spacial score (nSPS) is 13.8. The zero-order valence-electron chi connectivity index (χ0n) is 18.3. The molecule has 32 heavy (non-hydrogen) atoms. The molecule has 1 fully saturated rings. The highest BCUT2D eigenvalue weighted by Crippen LogP contribution is 2.27. The standard InChI is InChI=1S/C24H28BrN3O4/c1-15-12-19(25)13-16(2)22(15)32-14-21(29)27-28-24(31)18-8-10-20(11-9-18)26-23(30)17-6-4-3-5-7-17/h8-13,17H,3-7,14H2,1-2H3,(H,26,30)(H,27,29)(H,28,31). The highest BCUT2D eigenvalue weighted by atomic mass is 79.9. The zero-order valence-corrected chi connectivity index (χ0v) is 19.9. The molecule has 0 atom stereocenters. The fourth-order valence-electron chi connectivity index (χ4n) is 3.81. The number of carbonyl (C=O) groups is 3. The topological polar surface area (TPSA) is 96.5 Å². The van der Waals surface area contributed by atoms with Crippen LogP contribution in [0, 0.1) is 19.8 Å². The number of amides is 3. The summed E-state index contributed by atoms with van der Waals surface area (Å²) >= 11 is 3.42. The third-order valence-electron chi connectivity index (χ3n) is 5.48. The number of hydrazine groups is 1. The maximum absolute atomic E-state index is 12.3. The van der Waals surface area contributed by atoms with E-state index in [-0.39, 0.29) is 18.4 Å². The van der Waals surface area contributed by atoms with Crippen molar-refractivity contribution in [3.8, 4) is 5.75 Å². The number of benzene rings is 2. The molecule has 3 N–H and O–H groups in total. The van der Waals surface area contributed by atoms with Crippen molar-refractivity contribution in [3.63, 3.8) is 0 Å². The van der Waals surface area contributed by atoms with Crippen LogP contribution in [0.2, 0.25) is 0 Å². The lowest BCUT2D eigenvalue weighted by atomic mass is 9.88. The third kappa shape index (κ3) is 6.56. The summed E-state index contributed by atoms with van der Waals surface area (Å²) in [4.78, 5) is 36.7. The summed E-state index contributed by atoms with van der Waals surface area (Å²) in [6.45, 7) is 3.57. The second kappa shape index (κ2) is 11.1. The maximum Gasteiger partial charge on any atom is 0.276 e. The number of nitrogens with one attached hydrogen (secondary N) is 3. The molecule has 7 nitrogen and oxygen atoms in total. The molecule has 0 spiro atoms. The van der Waals surface area contributed by atoms with Gasteiger partial charge >= 0.3 is 0 Å². The number of anilines is 1. The van der Waals surface area contributed by atoms with Crippen molar-refractivity contribution >= 4 is 39.3 Å². The second-order valence-electron chi connectivity index (χ2n) is 8.06. The van der Waals surface area contributed by atoms with Gasteiger partial charge in [0.05, 0.1) is 0 Å². The van der Waals surface area contributed by atoms with Crippen LogP contribution >= 0.6 is 15.9 Å². The van der Waals surface area contributed by atoms with E-state index in [1.54, 1.807) is 24.3 Å². The summed E-state index contributed by atoms with van der Waals surface area (Å²) in [5.74, 6) is -0.198. The van der Waals surface area contributed by atoms with E-state index in [0.717, 1.165) is 41.3 Å². The lowest BCUT2D eigenvalue weighted by Crippen LogP contribution is -2.43. The van der Waals surface area contributed by atoms with Crippen LogP contribution in [0.5, 0.6) is 5.75 Å². The fourth-order valence-corrected chi connectivity index (χ4v) is 4.50. The number of aryl methyl sites for hydroxylation is 2. The fraction of sp³-hybridized carbons (Fsp3) is 0.375. The predicted molar refractivity (Wildman–Crippen MR) is 126 cm³/mol. The van der Waals surface area contributed by atoms with Gasteiger partial charge in [0.15, 0.2) is 6.61 Å². The van der Waals surface area contributed by atoms with E-state index in [1.807, 2.05) is 26.0 Å². The number of hydrogen-bond acceptors (Lipinski definition) is 4. The van der Waals surface area contributed by atoms with E-state index in [1.165, 1.54) is 6.42 Å². The van der Waals surface area contributed by atoms with Crippen molar-refractivity contribution in [3.05, 3.63) is 57.6 Å². The lowest BCUT2D eigenvalue weighted by Gasteiger charge is -2.20. The minimum absolute atomic E-state index is 0.0328. The van der Waals surface area contributed by atoms with Crippen LogP contribution < -0.4 is 20.9 Å². The first-order valence-electron chi connectivity index (χ1n) is 10.7. The predicted octanol–water partition coefficient (Wildman–Crippen LogP) is 4.42. The smallest absolute Gasteiger partial charge is 0.276 e. The quantitative estimate of drug-likeness (QED) is 0.510. The van der Waals surface area contributed by atoms with Crippen LogP contribution in [0.25, 0.3) is 0 Å². The number of halogens is 1. The molecule has 170 valence electrons. The molecular weight excluding hydrogens is 474 g/mol. The monoisotopic (exact) mass is 501 g/mol. The molecule has 3 amide bonds. The molecule has 1 saturated carbocycles. The highest BCUT2D eigenvalue weighted by Gasteiger charge is 2.21. The number of rotatable bonds is 6. The molecule has 0 unspecified atom stereocenters. The third-order valence-corrected chi connectivity index (χ3v) is 5.94. The van der Waals surface area contributed by atoms with E-state index < -0.39 is 11.8 Å². The highest BCUT2D eigenvalue weighted by molar-refractivity contribution is 9.10. The zero-order chi connectivity index (χ0) is 23.1. The van der Waals surface area contributed by atoms with Crippen molar-refractivity contribution in [2.45, 2.75) is 46.0 Å². The van der Waals surface area contributed by atoms with Gasteiger partial charge < -0.3 is 10.1 Å². The molecule has 8 heteroatoms. The van der Waals surface area contributed by atoms with Gasteiger partial charge in [-0.3, -0.25) is 25.2 Å². The van der Waals surface area contributed by atoms with Crippen molar-refractivity contribution in [1.82, 2.24) is 10.9 Å². The Morgan fingerprint density at radius 2 is 1.59 bits per heavy atom. The summed E-state index contributed by atoms with van der Waals surface area (Å²) in [6.07, 6.45) is 5.24. The van der Waals surface area contributed by atoms with E-state index in [2.05, 4.69) is 32.1 Å². The van der Waals surface area contributed by atoms with Gasteiger partial charge in [-0.25, -0.2) is 0 Å². The molecule has 0 bridgehead atoms. The van der Waals surface area contributed by atoms with Crippen molar-refractivity contribution in [1.29, 1.82) is 0 Å². The van der Waals surface area contributed by atoms with Gasteiger partial charge in [-0.2, -0.15) is 0 Å². The Kier molecular flexibility index (Phi) is 8.27. The Morgan fingerprint density at radius 1 is 0.969 bits per heavy atom. The van der Waals surface area contributed by atoms with Gasteiger partial charge in [-0.05, 0) is 74.2 Å². The summed E-state index contributed by atoms with van der Waals surface area (Å²) in [5, 5.41) is 2.91. The van der Waals surface area contributed by atoms with Gasteiger partial charge in [0, 0.05) is 21.6 Å². The summed E-state index contributed by atoms with van der Waals surface area (Å²) < 4.78 is 6.54. The van der Waals surface area contributed by atoms with Gasteiger partial charge in [-0.15, -0.1) is 0 Å². The summed E-state index contributed by atoms with van der Waals surface area (Å²) in [5.41, 5.74) is 7.54. The Bertz CT molecular complexity index is 962. The second-order valence-corrected chi connectivity index (χ2v) is 8.98.